The van der Waals surface area contributed by atoms with Crippen LogP contribution >= 0.6 is 11.8 Å². The summed E-state index contributed by atoms with van der Waals surface area (Å²) in [4.78, 5) is 40.3. The summed E-state index contributed by atoms with van der Waals surface area (Å²) in [5.74, 6) is -4.75. The Bertz CT molecular complexity index is 413. The number of hydrogen-bond donors (Lipinski definition) is 0. The van der Waals surface area contributed by atoms with Crippen molar-refractivity contribution < 1.29 is 45.5 Å². The zero-order chi connectivity index (χ0) is 17.4. The number of rotatable bonds is 4. The van der Waals surface area contributed by atoms with E-state index < -0.39 is 47.7 Å². The van der Waals surface area contributed by atoms with Crippen LogP contribution in [0.15, 0.2) is 0 Å². The van der Waals surface area contributed by atoms with Gasteiger partial charge in [-0.05, 0) is 13.2 Å². The second kappa shape index (κ2) is 8.80. The lowest BCUT2D eigenvalue weighted by molar-refractivity contribution is -0.171. The maximum absolute atomic E-state index is 11.4. The summed E-state index contributed by atoms with van der Waals surface area (Å²) in [5, 5.41) is -0.771. The molecule has 0 aliphatic rings. The van der Waals surface area contributed by atoms with E-state index >= 15 is 0 Å². The van der Waals surface area contributed by atoms with E-state index in [1.54, 1.807) is 0 Å². The molecule has 0 spiro atoms. The molecule has 21 heavy (non-hydrogen) atoms. The lowest BCUT2D eigenvalue weighted by Crippen LogP contribution is -2.24. The molecule has 0 unspecified atom stereocenters. The fourth-order valence-corrected chi connectivity index (χ4v) is 0.905. The first-order valence-corrected chi connectivity index (χ1v) is 6.20. The molecule has 0 N–H and O–H groups in total. The van der Waals surface area contributed by atoms with Crippen LogP contribution in [0.5, 0.6) is 0 Å². The summed E-state index contributed by atoms with van der Waals surface area (Å²) in [7, 11) is 0. The highest BCUT2D eigenvalue weighted by atomic mass is 32.2. The summed E-state index contributed by atoms with van der Waals surface area (Å²) in [6.45, 7) is 0.934. The van der Waals surface area contributed by atoms with Crippen molar-refractivity contribution in [3.63, 3.8) is 0 Å². The highest BCUT2D eigenvalue weighted by Crippen LogP contribution is 2.19. The Morgan fingerprint density at radius 3 is 1.33 bits per heavy atom. The molecule has 0 amide bonds. The number of carbonyl (C=O) groups excluding carboxylic acids is 4. The molecule has 4 nitrogen and oxygen atoms in total. The molecule has 0 saturated carbocycles. The molecule has 0 aliphatic carbocycles. The van der Waals surface area contributed by atoms with Gasteiger partial charge in [0.2, 0.25) is 11.6 Å². The van der Waals surface area contributed by atoms with Gasteiger partial charge < -0.3 is 0 Å². The van der Waals surface area contributed by atoms with Gasteiger partial charge in [-0.2, -0.15) is 26.3 Å². The van der Waals surface area contributed by atoms with Crippen molar-refractivity contribution in [1.29, 1.82) is 0 Å². The summed E-state index contributed by atoms with van der Waals surface area (Å²) in [6.07, 6.45) is -10.5. The number of carbonyl (C=O) groups is 4. The molecule has 11 heteroatoms. The SMILES string of the molecule is CC(=O)CC(=O)C(F)(F)F.CSC(=O)CC(=O)C(F)(F)F. The van der Waals surface area contributed by atoms with E-state index in [4.69, 9.17) is 0 Å². The molecule has 0 heterocycles. The third kappa shape index (κ3) is 12.1. The van der Waals surface area contributed by atoms with Crippen molar-refractivity contribution in [2.45, 2.75) is 32.1 Å². The largest absolute Gasteiger partial charge is 0.450 e. The van der Waals surface area contributed by atoms with Crippen LogP contribution in [0.4, 0.5) is 26.3 Å². The van der Waals surface area contributed by atoms with Crippen LogP contribution in [0.1, 0.15) is 19.8 Å². The van der Waals surface area contributed by atoms with Gasteiger partial charge >= 0.3 is 12.4 Å². The molecular weight excluding hydrogens is 330 g/mol. The second-order valence-corrected chi connectivity index (χ2v) is 4.34. The van der Waals surface area contributed by atoms with E-state index in [2.05, 4.69) is 0 Å². The van der Waals surface area contributed by atoms with Crippen molar-refractivity contribution in [2.75, 3.05) is 6.26 Å². The Labute approximate surface area is 119 Å². The molecule has 0 aromatic heterocycles. The van der Waals surface area contributed by atoms with Crippen molar-refractivity contribution in [2.24, 2.45) is 0 Å². The van der Waals surface area contributed by atoms with E-state index in [1.165, 1.54) is 6.26 Å². The Morgan fingerprint density at radius 2 is 1.14 bits per heavy atom. The third-order valence-electron chi connectivity index (χ3n) is 1.57. The molecule has 0 aromatic carbocycles. The number of ketones is 3. The van der Waals surface area contributed by atoms with Crippen LogP contribution in [0.25, 0.3) is 0 Å². The number of halogens is 6. The first-order chi connectivity index (χ1) is 9.21. The Morgan fingerprint density at radius 1 is 0.810 bits per heavy atom. The minimum absolute atomic E-state index is 0.609. The quantitative estimate of drug-likeness (QED) is 0.581. The van der Waals surface area contributed by atoms with Gasteiger partial charge in [0.15, 0.2) is 5.12 Å². The maximum Gasteiger partial charge on any atom is 0.450 e. The maximum atomic E-state index is 11.4. The molecule has 122 valence electrons. The number of alkyl halides is 6. The summed E-state index contributed by atoms with van der Waals surface area (Å²) in [5.41, 5.74) is 0. The molecule has 0 atom stereocenters. The molecule has 0 aliphatic heterocycles. The van der Waals surface area contributed by atoms with Crippen LogP contribution in [-0.2, 0) is 19.2 Å². The van der Waals surface area contributed by atoms with Crippen molar-refractivity contribution in [1.82, 2.24) is 0 Å². The van der Waals surface area contributed by atoms with Crippen LogP contribution < -0.4 is 0 Å². The van der Waals surface area contributed by atoms with Gasteiger partial charge in [0.05, 0.1) is 12.8 Å². The average molecular weight is 340 g/mol. The van der Waals surface area contributed by atoms with Gasteiger partial charge in [-0.1, -0.05) is 11.8 Å². The Balaban J connectivity index is 0. The molecule has 0 aromatic rings. The fraction of sp³-hybridized carbons (Fsp3) is 0.600. The van der Waals surface area contributed by atoms with Gasteiger partial charge in [-0.25, -0.2) is 0 Å². The fourth-order valence-electron chi connectivity index (χ4n) is 0.630. The van der Waals surface area contributed by atoms with E-state index in [1.807, 2.05) is 0 Å². The summed E-state index contributed by atoms with van der Waals surface area (Å²) in [6, 6.07) is 0. The van der Waals surface area contributed by atoms with E-state index in [-0.39, 0.29) is 0 Å². The van der Waals surface area contributed by atoms with Crippen LogP contribution in [-0.4, -0.2) is 41.1 Å². The molecule has 0 saturated heterocycles. The van der Waals surface area contributed by atoms with Crippen LogP contribution in [0.2, 0.25) is 0 Å². The topological polar surface area (TPSA) is 68.3 Å². The number of thioether (sulfide) groups is 1. The minimum atomic E-state index is -4.88. The first kappa shape index (κ1) is 21.9. The van der Waals surface area contributed by atoms with Gasteiger partial charge in [0.1, 0.15) is 5.78 Å². The highest BCUT2D eigenvalue weighted by Gasteiger charge is 2.39. The van der Waals surface area contributed by atoms with Gasteiger partial charge in [0.25, 0.3) is 0 Å². The third-order valence-corrected chi connectivity index (χ3v) is 2.17. The summed E-state index contributed by atoms with van der Waals surface area (Å²) >= 11 is 0.609. The van der Waals surface area contributed by atoms with E-state index in [9.17, 15) is 45.5 Å². The average Bonchev–Trinajstić information content (AvgIpc) is 2.26. The standard InChI is InChI=1S/C5H5F3O2S.C5H5F3O2/c1-11-4(10)2-3(9)5(6,7)8;1-3(9)2-4(10)5(6,7)8/h2H2,1H3;2H2,1H3. The monoisotopic (exact) mass is 340 g/mol. The lowest BCUT2D eigenvalue weighted by atomic mass is 10.2. The van der Waals surface area contributed by atoms with Crippen LogP contribution in [0.3, 0.4) is 0 Å². The first-order valence-electron chi connectivity index (χ1n) is 4.98. The number of hydrogen-bond acceptors (Lipinski definition) is 5. The molecule has 0 bridgehead atoms. The number of Topliss-reactive ketones (excluding diaryl/α,β-unsaturated/α-hetero) is 3. The van der Waals surface area contributed by atoms with Crippen molar-refractivity contribution in [3.05, 3.63) is 0 Å². The second-order valence-electron chi connectivity index (χ2n) is 3.47. The Hall–Kier alpha value is -1.39. The highest BCUT2D eigenvalue weighted by molar-refractivity contribution is 8.13. The lowest BCUT2D eigenvalue weighted by Gasteiger charge is -2.01. The zero-order valence-electron chi connectivity index (χ0n) is 10.7. The molecular formula is C10H10F6O4S. The molecule has 0 fully saturated rings. The predicted octanol–water partition coefficient (Wildman–Crippen LogP) is 2.49. The molecule has 0 radical (unpaired) electrons. The van der Waals surface area contributed by atoms with Crippen LogP contribution in [0, 0.1) is 0 Å². The van der Waals surface area contributed by atoms with Crippen molar-refractivity contribution >= 4 is 34.2 Å². The predicted molar refractivity (Wildman–Crippen MR) is 60.6 cm³/mol. The van der Waals surface area contributed by atoms with E-state index in [0.717, 1.165) is 6.92 Å². The Kier molecular flexibility index (Phi) is 9.18. The van der Waals surface area contributed by atoms with Gasteiger partial charge in [-0.15, -0.1) is 0 Å². The normalized spacial score (nSPS) is 11.2. The molecule has 0 rings (SSSR count). The summed E-state index contributed by atoms with van der Waals surface area (Å²) < 4.78 is 68.2. The zero-order valence-corrected chi connectivity index (χ0v) is 11.5. The van der Waals surface area contributed by atoms with Crippen molar-refractivity contribution in [3.8, 4) is 0 Å². The van der Waals surface area contributed by atoms with E-state index in [0.29, 0.717) is 11.8 Å². The minimum Gasteiger partial charge on any atom is -0.300 e. The smallest absolute Gasteiger partial charge is 0.300 e. The van der Waals surface area contributed by atoms with Gasteiger partial charge in [0, 0.05) is 0 Å². The van der Waals surface area contributed by atoms with Gasteiger partial charge in [-0.3, -0.25) is 19.2 Å².